The summed E-state index contributed by atoms with van der Waals surface area (Å²) in [6.45, 7) is 1.86. The molecule has 1 aromatic carbocycles. The van der Waals surface area contributed by atoms with Gasteiger partial charge in [0.2, 0.25) is 11.8 Å². The summed E-state index contributed by atoms with van der Waals surface area (Å²) < 4.78 is 26.8. The number of carbonyl (C=O) groups is 2. The quantitative estimate of drug-likeness (QED) is 0.937. The summed E-state index contributed by atoms with van der Waals surface area (Å²) in [5.41, 5.74) is 0.777. The highest BCUT2D eigenvalue weighted by Gasteiger charge is 2.36. The lowest BCUT2D eigenvalue weighted by Crippen LogP contribution is -2.28. The van der Waals surface area contributed by atoms with E-state index in [-0.39, 0.29) is 30.5 Å². The predicted octanol–water partition coefficient (Wildman–Crippen LogP) is 2.72. The minimum atomic E-state index is -0.824. The Balaban J connectivity index is 1.73. The van der Waals surface area contributed by atoms with Crippen molar-refractivity contribution in [2.45, 2.75) is 13.3 Å². The molecule has 2 heterocycles. The second-order valence-electron chi connectivity index (χ2n) is 5.28. The fraction of sp³-hybridized carbons (Fsp3) is 0.267. The van der Waals surface area contributed by atoms with Gasteiger partial charge in [-0.3, -0.25) is 9.59 Å². The minimum absolute atomic E-state index is 0.0169. The second kappa shape index (κ2) is 6.04. The molecule has 0 bridgehead atoms. The van der Waals surface area contributed by atoms with E-state index in [0.29, 0.717) is 11.2 Å². The van der Waals surface area contributed by atoms with Gasteiger partial charge in [0, 0.05) is 24.4 Å². The first-order valence-electron chi connectivity index (χ1n) is 6.92. The van der Waals surface area contributed by atoms with Crippen molar-refractivity contribution in [2.75, 3.05) is 16.8 Å². The Bertz CT molecular complexity index is 778. The average Bonchev–Trinajstić information content (AvgIpc) is 3.05. The molecule has 1 atom stereocenters. The summed E-state index contributed by atoms with van der Waals surface area (Å²) in [4.78, 5) is 29.6. The van der Waals surface area contributed by atoms with Gasteiger partial charge in [-0.25, -0.2) is 13.8 Å². The Hall–Kier alpha value is -2.35. The van der Waals surface area contributed by atoms with Gasteiger partial charge < -0.3 is 10.2 Å². The van der Waals surface area contributed by atoms with Gasteiger partial charge in [0.1, 0.15) is 11.6 Å². The summed E-state index contributed by atoms with van der Waals surface area (Å²) in [5, 5.41) is 4.92. The highest BCUT2D eigenvalue weighted by Crippen LogP contribution is 2.28. The number of benzene rings is 1. The van der Waals surface area contributed by atoms with Crippen molar-refractivity contribution in [2.24, 2.45) is 5.92 Å². The molecule has 2 amide bonds. The Morgan fingerprint density at radius 1 is 1.43 bits per heavy atom. The van der Waals surface area contributed by atoms with Crippen molar-refractivity contribution < 1.29 is 18.4 Å². The molecule has 0 spiro atoms. The fourth-order valence-electron chi connectivity index (χ4n) is 2.44. The van der Waals surface area contributed by atoms with Crippen LogP contribution in [0.5, 0.6) is 0 Å². The van der Waals surface area contributed by atoms with E-state index >= 15 is 0 Å². The zero-order chi connectivity index (χ0) is 16.6. The van der Waals surface area contributed by atoms with Crippen LogP contribution in [-0.4, -0.2) is 23.3 Å². The number of anilines is 2. The number of rotatable bonds is 3. The van der Waals surface area contributed by atoms with Crippen molar-refractivity contribution in [1.82, 2.24) is 4.98 Å². The molecule has 1 fully saturated rings. The highest BCUT2D eigenvalue weighted by atomic mass is 32.1. The third-order valence-electron chi connectivity index (χ3n) is 3.55. The van der Waals surface area contributed by atoms with Gasteiger partial charge in [-0.1, -0.05) is 0 Å². The van der Waals surface area contributed by atoms with E-state index < -0.39 is 17.6 Å². The highest BCUT2D eigenvalue weighted by molar-refractivity contribution is 7.13. The van der Waals surface area contributed by atoms with Gasteiger partial charge in [-0.2, -0.15) is 0 Å². The summed E-state index contributed by atoms with van der Waals surface area (Å²) >= 11 is 1.30. The molecule has 1 aromatic heterocycles. The van der Waals surface area contributed by atoms with Gasteiger partial charge in [-0.05, 0) is 19.1 Å². The maximum absolute atomic E-state index is 13.8. The van der Waals surface area contributed by atoms with Crippen molar-refractivity contribution in [3.05, 3.63) is 40.9 Å². The van der Waals surface area contributed by atoms with Gasteiger partial charge in [0.05, 0.1) is 17.3 Å². The molecule has 0 saturated carbocycles. The van der Waals surface area contributed by atoms with E-state index in [0.717, 1.165) is 11.8 Å². The predicted molar refractivity (Wildman–Crippen MR) is 82.3 cm³/mol. The molecule has 23 heavy (non-hydrogen) atoms. The SMILES string of the molecule is Cc1csc(NC(=O)C2CC(=O)N(c3ccc(F)cc3F)C2)n1. The largest absolute Gasteiger partial charge is 0.309 e. The summed E-state index contributed by atoms with van der Waals surface area (Å²) in [5.74, 6) is -2.85. The maximum Gasteiger partial charge on any atom is 0.231 e. The molecule has 0 aliphatic carbocycles. The van der Waals surface area contributed by atoms with Gasteiger partial charge in [-0.15, -0.1) is 11.3 Å². The molecular formula is C15H13F2N3O2S. The first kappa shape index (κ1) is 15.5. The number of thiazole rings is 1. The number of nitrogens with one attached hydrogen (secondary N) is 1. The molecule has 8 heteroatoms. The van der Waals surface area contributed by atoms with E-state index in [1.807, 2.05) is 6.92 Å². The third kappa shape index (κ3) is 3.21. The lowest BCUT2D eigenvalue weighted by Gasteiger charge is -2.17. The number of carbonyl (C=O) groups excluding carboxylic acids is 2. The lowest BCUT2D eigenvalue weighted by molar-refractivity contribution is -0.122. The molecule has 1 N–H and O–H groups in total. The second-order valence-corrected chi connectivity index (χ2v) is 6.14. The Labute approximate surface area is 134 Å². The van der Waals surface area contributed by atoms with Crippen LogP contribution >= 0.6 is 11.3 Å². The van der Waals surface area contributed by atoms with Crippen LogP contribution in [0, 0.1) is 24.5 Å². The van der Waals surface area contributed by atoms with E-state index in [9.17, 15) is 18.4 Å². The molecule has 1 aliphatic heterocycles. The standard InChI is InChI=1S/C15H13F2N3O2S/c1-8-7-23-15(18-8)19-14(22)9-4-13(21)20(6-9)12-3-2-10(16)5-11(12)17/h2-3,5,7,9H,4,6H2,1H3,(H,18,19,22). The maximum atomic E-state index is 13.8. The van der Waals surface area contributed by atoms with Crippen molar-refractivity contribution in [1.29, 1.82) is 0 Å². The number of aromatic nitrogens is 1. The van der Waals surface area contributed by atoms with Crippen LogP contribution in [0.3, 0.4) is 0 Å². The van der Waals surface area contributed by atoms with Crippen LogP contribution in [0.15, 0.2) is 23.6 Å². The summed E-state index contributed by atoms with van der Waals surface area (Å²) in [6, 6.07) is 3.00. The normalized spacial score (nSPS) is 17.6. The smallest absolute Gasteiger partial charge is 0.231 e. The first-order chi connectivity index (χ1) is 10.9. The van der Waals surface area contributed by atoms with Crippen molar-refractivity contribution >= 4 is 34.0 Å². The first-order valence-corrected chi connectivity index (χ1v) is 7.80. The van der Waals surface area contributed by atoms with E-state index in [4.69, 9.17) is 0 Å². The van der Waals surface area contributed by atoms with Crippen LogP contribution in [-0.2, 0) is 9.59 Å². The number of aryl methyl sites for hydroxylation is 1. The summed E-state index contributed by atoms with van der Waals surface area (Å²) in [6.07, 6.45) is -0.0208. The Morgan fingerprint density at radius 2 is 2.22 bits per heavy atom. The topological polar surface area (TPSA) is 62.3 Å². The fourth-order valence-corrected chi connectivity index (χ4v) is 3.13. The van der Waals surface area contributed by atoms with Crippen molar-refractivity contribution in [3.63, 3.8) is 0 Å². The third-order valence-corrected chi connectivity index (χ3v) is 4.42. The summed E-state index contributed by atoms with van der Waals surface area (Å²) in [7, 11) is 0. The molecule has 1 saturated heterocycles. The van der Waals surface area contributed by atoms with E-state index in [2.05, 4.69) is 10.3 Å². The zero-order valence-corrected chi connectivity index (χ0v) is 13.0. The molecule has 2 aromatic rings. The van der Waals surface area contributed by atoms with Crippen LogP contribution in [0.25, 0.3) is 0 Å². The Kier molecular flexibility index (Phi) is 4.08. The lowest BCUT2D eigenvalue weighted by atomic mass is 10.1. The molecular weight excluding hydrogens is 324 g/mol. The van der Waals surface area contributed by atoms with Crippen molar-refractivity contribution in [3.8, 4) is 0 Å². The zero-order valence-electron chi connectivity index (χ0n) is 12.2. The van der Waals surface area contributed by atoms with Gasteiger partial charge in [0.15, 0.2) is 5.13 Å². The molecule has 0 radical (unpaired) electrons. The number of hydrogen-bond acceptors (Lipinski definition) is 4. The number of nitrogens with zero attached hydrogens (tertiary/aromatic N) is 2. The van der Waals surface area contributed by atoms with E-state index in [1.165, 1.54) is 22.3 Å². The molecule has 3 rings (SSSR count). The van der Waals surface area contributed by atoms with Crippen LogP contribution < -0.4 is 10.2 Å². The van der Waals surface area contributed by atoms with Gasteiger partial charge in [0.25, 0.3) is 0 Å². The number of amides is 2. The average molecular weight is 337 g/mol. The molecule has 120 valence electrons. The Morgan fingerprint density at radius 3 is 2.87 bits per heavy atom. The number of hydrogen-bond donors (Lipinski definition) is 1. The molecule has 1 aliphatic rings. The minimum Gasteiger partial charge on any atom is -0.309 e. The molecule has 1 unspecified atom stereocenters. The monoisotopic (exact) mass is 337 g/mol. The molecule has 5 nitrogen and oxygen atoms in total. The number of halogens is 2. The van der Waals surface area contributed by atoms with Gasteiger partial charge >= 0.3 is 0 Å². The van der Waals surface area contributed by atoms with Crippen LogP contribution in [0.4, 0.5) is 19.6 Å². The van der Waals surface area contributed by atoms with E-state index in [1.54, 1.807) is 5.38 Å². The van der Waals surface area contributed by atoms with Crippen LogP contribution in [0.1, 0.15) is 12.1 Å². The van der Waals surface area contributed by atoms with Crippen LogP contribution in [0.2, 0.25) is 0 Å².